The first-order valence-corrected chi connectivity index (χ1v) is 9.34. The molecule has 0 spiro atoms. The van der Waals surface area contributed by atoms with E-state index in [1.807, 2.05) is 32.3 Å². The highest BCUT2D eigenvalue weighted by Gasteiger charge is 2.19. The number of likely N-dealkylation sites (N-methyl/N-ethyl adjacent to an activating group) is 1. The Bertz CT molecular complexity index is 716. The minimum Gasteiger partial charge on any atom is -0.508 e. The Morgan fingerprint density at radius 1 is 1.15 bits per heavy atom. The molecule has 0 aliphatic rings. The Hall–Kier alpha value is -2.53. The molecule has 0 saturated heterocycles. The third kappa shape index (κ3) is 6.61. The smallest absolute Gasteiger partial charge is 0.341 e. The van der Waals surface area contributed by atoms with Gasteiger partial charge in [0.15, 0.2) is 0 Å². The van der Waals surface area contributed by atoms with Gasteiger partial charge >= 0.3 is 5.97 Å². The van der Waals surface area contributed by atoms with Crippen LogP contribution in [0, 0.1) is 0 Å². The number of esters is 1. The predicted octanol–water partition coefficient (Wildman–Crippen LogP) is 3.90. The van der Waals surface area contributed by atoms with Gasteiger partial charge in [-0.15, -0.1) is 0 Å². The van der Waals surface area contributed by atoms with Crippen LogP contribution in [0.25, 0.3) is 0 Å². The van der Waals surface area contributed by atoms with E-state index in [4.69, 9.17) is 9.47 Å². The van der Waals surface area contributed by atoms with Crippen LogP contribution in [0.4, 0.5) is 0 Å². The predicted molar refractivity (Wildman–Crippen MR) is 106 cm³/mol. The van der Waals surface area contributed by atoms with E-state index in [-0.39, 0.29) is 18.4 Å². The number of benzene rings is 2. The summed E-state index contributed by atoms with van der Waals surface area (Å²) in [4.78, 5) is 14.6. The van der Waals surface area contributed by atoms with Crippen molar-refractivity contribution in [2.75, 3.05) is 27.3 Å². The summed E-state index contributed by atoms with van der Waals surface area (Å²) in [6.07, 6.45) is 2.66. The maximum absolute atomic E-state index is 12.6. The second kappa shape index (κ2) is 10.6. The van der Waals surface area contributed by atoms with Gasteiger partial charge in [-0.1, -0.05) is 43.7 Å². The van der Waals surface area contributed by atoms with Crippen LogP contribution in [0.5, 0.6) is 11.5 Å². The van der Waals surface area contributed by atoms with Gasteiger partial charge in [-0.05, 0) is 44.6 Å². The summed E-state index contributed by atoms with van der Waals surface area (Å²) in [5.74, 6) is -0.0207. The fourth-order valence-corrected chi connectivity index (χ4v) is 2.65. The Morgan fingerprint density at radius 3 is 2.56 bits per heavy atom. The van der Waals surface area contributed by atoms with E-state index in [0.717, 1.165) is 19.3 Å². The quantitative estimate of drug-likeness (QED) is 0.507. The number of phenols is 1. The average molecular weight is 371 g/mol. The molecule has 2 rings (SSSR count). The van der Waals surface area contributed by atoms with Gasteiger partial charge < -0.3 is 19.5 Å². The summed E-state index contributed by atoms with van der Waals surface area (Å²) in [7, 11) is 3.95. The highest BCUT2D eigenvalue weighted by atomic mass is 16.5. The van der Waals surface area contributed by atoms with Crippen LogP contribution in [-0.2, 0) is 11.2 Å². The zero-order chi connectivity index (χ0) is 19.6. The first kappa shape index (κ1) is 20.8. The Kier molecular flexibility index (Phi) is 8.14. The van der Waals surface area contributed by atoms with Crippen molar-refractivity contribution in [2.24, 2.45) is 0 Å². The van der Waals surface area contributed by atoms with Crippen molar-refractivity contribution in [3.05, 3.63) is 59.7 Å². The number of carbonyl (C=O) groups excluding carboxylic acids is 1. The minimum absolute atomic E-state index is 0.0632. The van der Waals surface area contributed by atoms with E-state index in [1.54, 1.807) is 6.07 Å². The third-order valence-corrected chi connectivity index (χ3v) is 4.39. The summed E-state index contributed by atoms with van der Waals surface area (Å²) in [6.45, 7) is 2.83. The molecule has 2 aromatic rings. The molecule has 0 heterocycles. The van der Waals surface area contributed by atoms with Crippen molar-refractivity contribution in [1.82, 2.24) is 4.90 Å². The van der Waals surface area contributed by atoms with Crippen molar-refractivity contribution in [1.29, 1.82) is 0 Å². The summed E-state index contributed by atoms with van der Waals surface area (Å²) in [6, 6.07) is 14.7. The van der Waals surface area contributed by atoms with Crippen molar-refractivity contribution >= 4 is 5.97 Å². The van der Waals surface area contributed by atoms with Crippen LogP contribution < -0.4 is 4.74 Å². The summed E-state index contributed by atoms with van der Waals surface area (Å²) >= 11 is 0. The molecule has 5 nitrogen and oxygen atoms in total. The molecular formula is C22H29NO4. The molecule has 0 saturated carbocycles. The minimum atomic E-state index is -0.443. The standard InChI is InChI=1S/C22H29NO4/c1-4-5-13-26-21-15-19(24)11-12-20(21)22(25)27-16-18(23(2)3)14-17-9-7-6-8-10-17/h6-12,15,18,24H,4-5,13-14,16H2,1-3H3/t18-/m0/s1. The zero-order valence-electron chi connectivity index (χ0n) is 16.4. The molecule has 1 N–H and O–H groups in total. The van der Waals surface area contributed by atoms with E-state index in [1.165, 1.54) is 17.7 Å². The molecule has 0 radical (unpaired) electrons. The first-order chi connectivity index (χ1) is 13.0. The van der Waals surface area contributed by atoms with E-state index in [9.17, 15) is 9.90 Å². The number of rotatable bonds is 10. The molecule has 27 heavy (non-hydrogen) atoms. The molecule has 0 aliphatic carbocycles. The van der Waals surface area contributed by atoms with E-state index < -0.39 is 5.97 Å². The van der Waals surface area contributed by atoms with Crippen LogP contribution in [0.15, 0.2) is 48.5 Å². The van der Waals surface area contributed by atoms with Gasteiger partial charge in [0.25, 0.3) is 0 Å². The lowest BCUT2D eigenvalue weighted by Crippen LogP contribution is -2.35. The molecule has 0 bridgehead atoms. The number of phenolic OH excluding ortho intramolecular Hbond substituents is 1. The lowest BCUT2D eigenvalue weighted by Gasteiger charge is -2.24. The van der Waals surface area contributed by atoms with Gasteiger partial charge in [0, 0.05) is 12.1 Å². The second-order valence-electron chi connectivity index (χ2n) is 6.79. The highest BCUT2D eigenvalue weighted by Crippen LogP contribution is 2.25. The number of nitrogens with zero attached hydrogens (tertiary/aromatic N) is 1. The van der Waals surface area contributed by atoms with Gasteiger partial charge in [-0.25, -0.2) is 4.79 Å². The highest BCUT2D eigenvalue weighted by molar-refractivity contribution is 5.92. The second-order valence-corrected chi connectivity index (χ2v) is 6.79. The lowest BCUT2D eigenvalue weighted by atomic mass is 10.1. The fraction of sp³-hybridized carbons (Fsp3) is 0.409. The van der Waals surface area contributed by atoms with Crippen molar-refractivity contribution in [2.45, 2.75) is 32.2 Å². The molecule has 0 aromatic heterocycles. The zero-order valence-corrected chi connectivity index (χ0v) is 16.4. The topological polar surface area (TPSA) is 59.0 Å². The van der Waals surface area contributed by atoms with Crippen LogP contribution in [0.3, 0.4) is 0 Å². The number of carbonyl (C=O) groups is 1. The molecule has 2 aromatic carbocycles. The van der Waals surface area contributed by atoms with E-state index in [2.05, 4.69) is 24.0 Å². The molecule has 0 amide bonds. The normalized spacial score (nSPS) is 12.0. The number of aromatic hydroxyl groups is 1. The number of hydrogen-bond donors (Lipinski definition) is 1. The van der Waals surface area contributed by atoms with Crippen LogP contribution >= 0.6 is 0 Å². The first-order valence-electron chi connectivity index (χ1n) is 9.34. The number of ether oxygens (including phenoxy) is 2. The maximum Gasteiger partial charge on any atom is 0.341 e. The van der Waals surface area contributed by atoms with Gasteiger partial charge in [0.2, 0.25) is 0 Å². The monoisotopic (exact) mass is 371 g/mol. The van der Waals surface area contributed by atoms with Gasteiger partial charge in [-0.3, -0.25) is 0 Å². The Morgan fingerprint density at radius 2 is 1.89 bits per heavy atom. The largest absolute Gasteiger partial charge is 0.508 e. The Balaban J connectivity index is 2.02. The van der Waals surface area contributed by atoms with Crippen molar-refractivity contribution in [3.63, 3.8) is 0 Å². The van der Waals surface area contributed by atoms with Gasteiger partial charge in [0.1, 0.15) is 23.7 Å². The molecule has 0 aliphatic heterocycles. The van der Waals surface area contributed by atoms with Gasteiger partial charge in [0.05, 0.1) is 6.61 Å². The van der Waals surface area contributed by atoms with Crippen molar-refractivity contribution < 1.29 is 19.4 Å². The number of hydrogen-bond acceptors (Lipinski definition) is 5. The Labute approximate surface area is 161 Å². The lowest BCUT2D eigenvalue weighted by molar-refractivity contribution is 0.0396. The molecule has 1 atom stereocenters. The number of unbranched alkanes of at least 4 members (excludes halogenated alkanes) is 1. The SMILES string of the molecule is CCCCOc1cc(O)ccc1C(=O)OC[C@H](Cc1ccccc1)N(C)C. The molecule has 0 unspecified atom stereocenters. The summed E-state index contributed by atoms with van der Waals surface area (Å²) in [5.41, 5.74) is 1.53. The fourth-order valence-electron chi connectivity index (χ4n) is 2.65. The average Bonchev–Trinajstić information content (AvgIpc) is 2.66. The van der Waals surface area contributed by atoms with Crippen molar-refractivity contribution in [3.8, 4) is 11.5 Å². The van der Waals surface area contributed by atoms with Crippen LogP contribution in [0.1, 0.15) is 35.7 Å². The van der Waals surface area contributed by atoms with Crippen LogP contribution in [-0.4, -0.2) is 49.3 Å². The van der Waals surface area contributed by atoms with Gasteiger partial charge in [-0.2, -0.15) is 0 Å². The van der Waals surface area contributed by atoms with Crippen LogP contribution in [0.2, 0.25) is 0 Å². The molecule has 0 fully saturated rings. The summed E-state index contributed by atoms with van der Waals surface area (Å²) in [5, 5.41) is 9.69. The summed E-state index contributed by atoms with van der Waals surface area (Å²) < 4.78 is 11.2. The van der Waals surface area contributed by atoms with E-state index in [0.29, 0.717) is 17.9 Å². The maximum atomic E-state index is 12.6. The third-order valence-electron chi connectivity index (χ3n) is 4.39. The molecule has 5 heteroatoms. The molecular weight excluding hydrogens is 342 g/mol. The van der Waals surface area contributed by atoms with E-state index >= 15 is 0 Å². The molecule has 146 valence electrons.